The van der Waals surface area contributed by atoms with Crippen molar-refractivity contribution in [3.05, 3.63) is 63.7 Å². The highest BCUT2D eigenvalue weighted by molar-refractivity contribution is 6.08. The maximum atomic E-state index is 13.1. The molecule has 7 nitrogen and oxygen atoms in total. The van der Waals surface area contributed by atoms with Crippen LogP contribution in [0.15, 0.2) is 42.5 Å². The van der Waals surface area contributed by atoms with Crippen LogP contribution in [-0.2, 0) is 11.2 Å². The molecule has 0 bridgehead atoms. The van der Waals surface area contributed by atoms with Gasteiger partial charge in [-0.3, -0.25) is 19.7 Å². The summed E-state index contributed by atoms with van der Waals surface area (Å²) < 4.78 is 0. The number of aryl methyl sites for hydroxylation is 1. The summed E-state index contributed by atoms with van der Waals surface area (Å²) in [6, 6.07) is 11.7. The number of carbonyl (C=O) groups is 2. The number of benzene rings is 2. The van der Waals surface area contributed by atoms with Gasteiger partial charge in [0, 0.05) is 42.9 Å². The standard InChI is InChI=1S/C20H19N3O4/c24-19-7-3-10-21(19)16-6-1-4-15(12-16)20(25)22-11-2-5-14-8-9-17(23(26)27)13-18(14)22/h1,4,6,8-9,12-13H,2-3,5,7,10-11H2. The number of fused-ring (bicyclic) bond motifs is 1. The fraction of sp³-hybridized carbons (Fsp3) is 0.300. The lowest BCUT2D eigenvalue weighted by Crippen LogP contribution is -2.35. The summed E-state index contributed by atoms with van der Waals surface area (Å²) in [7, 11) is 0. The molecule has 0 unspecified atom stereocenters. The van der Waals surface area contributed by atoms with E-state index in [1.54, 1.807) is 34.1 Å². The minimum absolute atomic E-state index is 0.0233. The van der Waals surface area contributed by atoms with Gasteiger partial charge >= 0.3 is 0 Å². The maximum Gasteiger partial charge on any atom is 0.271 e. The van der Waals surface area contributed by atoms with Crippen LogP contribution in [0.4, 0.5) is 17.1 Å². The predicted molar refractivity (Wildman–Crippen MR) is 101 cm³/mol. The van der Waals surface area contributed by atoms with Crippen LogP contribution in [0.25, 0.3) is 0 Å². The zero-order valence-electron chi connectivity index (χ0n) is 14.8. The Morgan fingerprint density at radius 3 is 2.59 bits per heavy atom. The van der Waals surface area contributed by atoms with Crippen LogP contribution < -0.4 is 9.80 Å². The number of hydrogen-bond donors (Lipinski definition) is 0. The zero-order valence-corrected chi connectivity index (χ0v) is 14.8. The second-order valence-electron chi connectivity index (χ2n) is 6.83. The van der Waals surface area contributed by atoms with E-state index in [1.165, 1.54) is 12.1 Å². The van der Waals surface area contributed by atoms with Gasteiger partial charge in [-0.05, 0) is 43.0 Å². The van der Waals surface area contributed by atoms with Gasteiger partial charge in [-0.1, -0.05) is 12.1 Å². The molecule has 2 aromatic carbocycles. The summed E-state index contributed by atoms with van der Waals surface area (Å²) in [5.74, 6) is -0.136. The van der Waals surface area contributed by atoms with Gasteiger partial charge in [0.15, 0.2) is 0 Å². The fourth-order valence-corrected chi connectivity index (χ4v) is 3.77. The molecule has 0 aliphatic carbocycles. The third-order valence-electron chi connectivity index (χ3n) is 5.12. The molecule has 0 saturated carbocycles. The molecule has 0 spiro atoms. The smallest absolute Gasteiger partial charge is 0.271 e. The van der Waals surface area contributed by atoms with Gasteiger partial charge in [0.2, 0.25) is 5.91 Å². The molecule has 0 N–H and O–H groups in total. The Morgan fingerprint density at radius 2 is 1.85 bits per heavy atom. The number of amides is 2. The Morgan fingerprint density at radius 1 is 1.04 bits per heavy atom. The average Bonchev–Trinajstić information content (AvgIpc) is 3.12. The molecule has 0 atom stereocenters. The van der Waals surface area contributed by atoms with Crippen molar-refractivity contribution in [3.8, 4) is 0 Å². The Labute approximate surface area is 156 Å². The number of rotatable bonds is 3. The van der Waals surface area contributed by atoms with E-state index in [0.29, 0.717) is 30.8 Å². The van der Waals surface area contributed by atoms with Crippen molar-refractivity contribution in [2.24, 2.45) is 0 Å². The lowest BCUT2D eigenvalue weighted by atomic mass is 10.00. The molecular formula is C20H19N3O4. The summed E-state index contributed by atoms with van der Waals surface area (Å²) >= 11 is 0. The van der Waals surface area contributed by atoms with E-state index in [-0.39, 0.29) is 17.5 Å². The Hall–Kier alpha value is -3.22. The molecule has 2 aliphatic rings. The van der Waals surface area contributed by atoms with E-state index in [4.69, 9.17) is 0 Å². The second-order valence-corrected chi connectivity index (χ2v) is 6.83. The van der Waals surface area contributed by atoms with E-state index in [9.17, 15) is 19.7 Å². The molecule has 0 radical (unpaired) electrons. The molecule has 138 valence electrons. The molecule has 1 fully saturated rings. The highest BCUT2D eigenvalue weighted by Crippen LogP contribution is 2.32. The van der Waals surface area contributed by atoms with Crippen molar-refractivity contribution < 1.29 is 14.5 Å². The van der Waals surface area contributed by atoms with Crippen LogP contribution in [0.2, 0.25) is 0 Å². The topological polar surface area (TPSA) is 83.8 Å². The van der Waals surface area contributed by atoms with Gasteiger partial charge in [-0.15, -0.1) is 0 Å². The molecule has 27 heavy (non-hydrogen) atoms. The monoisotopic (exact) mass is 365 g/mol. The van der Waals surface area contributed by atoms with Crippen molar-refractivity contribution in [1.29, 1.82) is 0 Å². The number of anilines is 2. The highest BCUT2D eigenvalue weighted by atomic mass is 16.6. The van der Waals surface area contributed by atoms with Crippen LogP contribution in [0.1, 0.15) is 35.2 Å². The average molecular weight is 365 g/mol. The van der Waals surface area contributed by atoms with E-state index >= 15 is 0 Å². The second kappa shape index (κ2) is 6.83. The molecule has 4 rings (SSSR count). The summed E-state index contributed by atoms with van der Waals surface area (Å²) in [6.45, 7) is 1.18. The molecule has 2 aromatic rings. The van der Waals surface area contributed by atoms with Crippen molar-refractivity contribution >= 4 is 28.9 Å². The first-order valence-corrected chi connectivity index (χ1v) is 9.04. The number of nitro groups is 1. The fourth-order valence-electron chi connectivity index (χ4n) is 3.77. The SMILES string of the molecule is O=C1CCCN1c1cccc(C(=O)N2CCCc3ccc([N+](=O)[O-])cc32)c1. The van der Waals surface area contributed by atoms with Gasteiger partial charge < -0.3 is 9.80 Å². The quantitative estimate of drug-likeness (QED) is 0.617. The molecule has 1 saturated heterocycles. The zero-order chi connectivity index (χ0) is 19.0. The third kappa shape index (κ3) is 3.16. The summed E-state index contributed by atoms with van der Waals surface area (Å²) in [5.41, 5.74) is 2.71. The first-order valence-electron chi connectivity index (χ1n) is 9.04. The molecule has 7 heteroatoms. The lowest BCUT2D eigenvalue weighted by Gasteiger charge is -2.29. The van der Waals surface area contributed by atoms with E-state index in [1.807, 2.05) is 6.07 Å². The van der Waals surface area contributed by atoms with E-state index < -0.39 is 4.92 Å². The third-order valence-corrected chi connectivity index (χ3v) is 5.12. The molecular weight excluding hydrogens is 346 g/mol. The molecule has 0 aromatic heterocycles. The molecule has 2 heterocycles. The predicted octanol–water partition coefficient (Wildman–Crippen LogP) is 3.31. The van der Waals surface area contributed by atoms with Gasteiger partial charge in [0.25, 0.3) is 11.6 Å². The number of hydrogen-bond acceptors (Lipinski definition) is 4. The van der Waals surface area contributed by atoms with Crippen LogP contribution in [0, 0.1) is 10.1 Å². The maximum absolute atomic E-state index is 13.1. The minimum Gasteiger partial charge on any atom is -0.312 e. The van der Waals surface area contributed by atoms with Crippen LogP contribution >= 0.6 is 0 Å². The van der Waals surface area contributed by atoms with Gasteiger partial charge in [-0.25, -0.2) is 0 Å². The summed E-state index contributed by atoms with van der Waals surface area (Å²) in [6.07, 6.45) is 2.95. The van der Waals surface area contributed by atoms with Crippen LogP contribution in [-0.4, -0.2) is 29.8 Å². The Bertz CT molecular complexity index is 941. The van der Waals surface area contributed by atoms with Gasteiger partial charge in [0.1, 0.15) is 0 Å². The van der Waals surface area contributed by atoms with Crippen molar-refractivity contribution in [3.63, 3.8) is 0 Å². The molecule has 2 amide bonds. The minimum atomic E-state index is -0.447. The van der Waals surface area contributed by atoms with E-state index in [0.717, 1.165) is 30.5 Å². The first kappa shape index (κ1) is 17.2. The summed E-state index contributed by atoms with van der Waals surface area (Å²) in [4.78, 5) is 39.1. The number of nitrogens with zero attached hydrogens (tertiary/aromatic N) is 3. The molecule has 2 aliphatic heterocycles. The van der Waals surface area contributed by atoms with E-state index in [2.05, 4.69) is 0 Å². The van der Waals surface area contributed by atoms with Crippen molar-refractivity contribution in [1.82, 2.24) is 0 Å². The largest absolute Gasteiger partial charge is 0.312 e. The summed E-state index contributed by atoms with van der Waals surface area (Å²) in [5, 5.41) is 11.1. The van der Waals surface area contributed by atoms with Gasteiger partial charge in [-0.2, -0.15) is 0 Å². The lowest BCUT2D eigenvalue weighted by molar-refractivity contribution is -0.384. The first-order chi connectivity index (χ1) is 13.0. The van der Waals surface area contributed by atoms with Gasteiger partial charge in [0.05, 0.1) is 10.6 Å². The van der Waals surface area contributed by atoms with Crippen LogP contribution in [0.3, 0.4) is 0 Å². The Balaban J connectivity index is 1.67. The van der Waals surface area contributed by atoms with Crippen LogP contribution in [0.5, 0.6) is 0 Å². The van der Waals surface area contributed by atoms with Crippen molar-refractivity contribution in [2.45, 2.75) is 25.7 Å². The Kier molecular flexibility index (Phi) is 4.35. The number of non-ortho nitro benzene ring substituents is 1. The highest BCUT2D eigenvalue weighted by Gasteiger charge is 2.27. The number of carbonyl (C=O) groups excluding carboxylic acids is 2. The number of nitro benzene ring substituents is 1. The van der Waals surface area contributed by atoms with Crippen molar-refractivity contribution in [2.75, 3.05) is 22.9 Å². The normalized spacial score (nSPS) is 16.4.